The van der Waals surface area contributed by atoms with E-state index in [1.165, 1.54) is 11.1 Å². The van der Waals surface area contributed by atoms with Crippen LogP contribution >= 0.6 is 0 Å². The Hall–Kier alpha value is -2.29. The van der Waals surface area contributed by atoms with E-state index in [0.29, 0.717) is 6.42 Å². The van der Waals surface area contributed by atoms with Gasteiger partial charge in [-0.05, 0) is 48.4 Å². The van der Waals surface area contributed by atoms with E-state index < -0.39 is 6.10 Å². The quantitative estimate of drug-likeness (QED) is 0.680. The SMILES string of the molecule is CCC(Oc1ccc(C(C)(C)C)cc1)C(=O)NC(CC)c1ccc(C)cc1. The molecule has 0 spiro atoms. The fourth-order valence-electron chi connectivity index (χ4n) is 3.00. The summed E-state index contributed by atoms with van der Waals surface area (Å²) in [6.07, 6.45) is 0.966. The van der Waals surface area contributed by atoms with Gasteiger partial charge in [-0.3, -0.25) is 4.79 Å². The van der Waals surface area contributed by atoms with Gasteiger partial charge in [-0.2, -0.15) is 0 Å². The minimum atomic E-state index is -0.495. The summed E-state index contributed by atoms with van der Waals surface area (Å²) in [4.78, 5) is 12.8. The van der Waals surface area contributed by atoms with E-state index in [1.807, 2.05) is 19.1 Å². The van der Waals surface area contributed by atoms with Crippen LogP contribution in [-0.4, -0.2) is 12.0 Å². The largest absolute Gasteiger partial charge is 0.481 e. The Morgan fingerprint density at radius 1 is 0.963 bits per heavy atom. The second-order valence-electron chi connectivity index (χ2n) is 8.17. The Morgan fingerprint density at radius 3 is 2.04 bits per heavy atom. The number of amides is 1. The van der Waals surface area contributed by atoms with Crippen molar-refractivity contribution < 1.29 is 9.53 Å². The number of aryl methyl sites for hydroxylation is 1. The Kier molecular flexibility index (Phi) is 7.06. The lowest BCUT2D eigenvalue weighted by Gasteiger charge is -2.23. The number of ether oxygens (including phenoxy) is 1. The van der Waals surface area contributed by atoms with Gasteiger partial charge in [0.15, 0.2) is 6.10 Å². The Labute approximate surface area is 164 Å². The second kappa shape index (κ2) is 9.07. The number of carbonyl (C=O) groups is 1. The average Bonchev–Trinajstić information content (AvgIpc) is 2.64. The molecule has 0 saturated carbocycles. The van der Waals surface area contributed by atoms with E-state index in [0.717, 1.165) is 17.7 Å². The molecule has 0 aliphatic heterocycles. The highest BCUT2D eigenvalue weighted by molar-refractivity contribution is 5.81. The lowest BCUT2D eigenvalue weighted by atomic mass is 9.87. The van der Waals surface area contributed by atoms with Gasteiger partial charge in [0.1, 0.15) is 5.75 Å². The van der Waals surface area contributed by atoms with E-state index in [-0.39, 0.29) is 17.4 Å². The predicted octanol–water partition coefficient (Wildman–Crippen LogP) is 5.72. The monoisotopic (exact) mass is 367 g/mol. The lowest BCUT2D eigenvalue weighted by molar-refractivity contribution is -0.128. The number of nitrogens with one attached hydrogen (secondary N) is 1. The number of benzene rings is 2. The van der Waals surface area contributed by atoms with Crippen LogP contribution < -0.4 is 10.1 Å². The summed E-state index contributed by atoms with van der Waals surface area (Å²) in [6, 6.07) is 16.4. The molecule has 0 fully saturated rings. The van der Waals surface area contributed by atoms with Gasteiger partial charge in [-0.25, -0.2) is 0 Å². The van der Waals surface area contributed by atoms with Crippen LogP contribution in [0, 0.1) is 6.92 Å². The summed E-state index contributed by atoms with van der Waals surface area (Å²) in [7, 11) is 0. The summed E-state index contributed by atoms with van der Waals surface area (Å²) >= 11 is 0. The summed E-state index contributed by atoms with van der Waals surface area (Å²) in [5.41, 5.74) is 3.69. The summed E-state index contributed by atoms with van der Waals surface area (Å²) in [5, 5.41) is 3.15. The summed E-state index contributed by atoms with van der Waals surface area (Å²) in [5.74, 6) is 0.665. The zero-order valence-corrected chi connectivity index (χ0v) is 17.5. The molecular formula is C24H33NO2. The fourth-order valence-corrected chi connectivity index (χ4v) is 3.00. The third-order valence-corrected chi connectivity index (χ3v) is 4.87. The van der Waals surface area contributed by atoms with Gasteiger partial charge in [-0.1, -0.05) is 76.6 Å². The molecule has 0 bridgehead atoms. The molecule has 0 aromatic heterocycles. The number of hydrogen-bond donors (Lipinski definition) is 1. The highest BCUT2D eigenvalue weighted by Gasteiger charge is 2.22. The molecule has 0 radical (unpaired) electrons. The van der Waals surface area contributed by atoms with Crippen molar-refractivity contribution in [1.29, 1.82) is 0 Å². The molecule has 0 saturated heterocycles. The molecule has 1 N–H and O–H groups in total. The normalized spacial score (nSPS) is 13.7. The van der Waals surface area contributed by atoms with Crippen LogP contribution in [0.25, 0.3) is 0 Å². The first-order valence-corrected chi connectivity index (χ1v) is 9.88. The van der Waals surface area contributed by atoms with Crippen molar-refractivity contribution >= 4 is 5.91 Å². The van der Waals surface area contributed by atoms with Gasteiger partial charge >= 0.3 is 0 Å². The molecule has 0 aliphatic rings. The molecular weight excluding hydrogens is 334 g/mol. The Morgan fingerprint density at radius 2 is 1.56 bits per heavy atom. The minimum Gasteiger partial charge on any atom is -0.481 e. The highest BCUT2D eigenvalue weighted by Crippen LogP contribution is 2.25. The van der Waals surface area contributed by atoms with Crippen molar-refractivity contribution in [2.24, 2.45) is 0 Å². The van der Waals surface area contributed by atoms with Crippen molar-refractivity contribution in [1.82, 2.24) is 5.32 Å². The summed E-state index contributed by atoms with van der Waals surface area (Å²) in [6.45, 7) is 12.7. The van der Waals surface area contributed by atoms with Crippen LogP contribution in [0.4, 0.5) is 0 Å². The van der Waals surface area contributed by atoms with Crippen molar-refractivity contribution in [2.45, 2.75) is 71.9 Å². The van der Waals surface area contributed by atoms with E-state index in [4.69, 9.17) is 4.74 Å². The maximum absolute atomic E-state index is 12.8. The Balaban J connectivity index is 2.05. The maximum atomic E-state index is 12.8. The topological polar surface area (TPSA) is 38.3 Å². The van der Waals surface area contributed by atoms with Crippen LogP contribution in [0.2, 0.25) is 0 Å². The van der Waals surface area contributed by atoms with Crippen LogP contribution in [0.15, 0.2) is 48.5 Å². The van der Waals surface area contributed by atoms with E-state index >= 15 is 0 Å². The molecule has 27 heavy (non-hydrogen) atoms. The van der Waals surface area contributed by atoms with Crippen LogP contribution in [0.5, 0.6) is 5.75 Å². The van der Waals surface area contributed by atoms with Crippen molar-refractivity contribution in [3.05, 3.63) is 65.2 Å². The molecule has 2 aromatic rings. The van der Waals surface area contributed by atoms with Crippen molar-refractivity contribution in [3.63, 3.8) is 0 Å². The van der Waals surface area contributed by atoms with Gasteiger partial charge in [-0.15, -0.1) is 0 Å². The van der Waals surface area contributed by atoms with E-state index in [1.54, 1.807) is 0 Å². The molecule has 3 nitrogen and oxygen atoms in total. The number of carbonyl (C=O) groups excluding carboxylic acids is 1. The van der Waals surface area contributed by atoms with Crippen LogP contribution in [0.3, 0.4) is 0 Å². The minimum absolute atomic E-state index is 0.000911. The zero-order chi connectivity index (χ0) is 20.0. The molecule has 3 heteroatoms. The predicted molar refractivity (Wildman–Crippen MR) is 112 cm³/mol. The molecule has 2 aromatic carbocycles. The van der Waals surface area contributed by atoms with Crippen LogP contribution in [0.1, 0.15) is 70.2 Å². The first kappa shape index (κ1) is 21.0. The molecule has 146 valence electrons. The highest BCUT2D eigenvalue weighted by atomic mass is 16.5. The molecule has 1 amide bonds. The molecule has 0 heterocycles. The van der Waals surface area contributed by atoms with Gasteiger partial charge < -0.3 is 10.1 Å². The van der Waals surface area contributed by atoms with Gasteiger partial charge in [0, 0.05) is 0 Å². The molecule has 2 atom stereocenters. The third-order valence-electron chi connectivity index (χ3n) is 4.87. The van der Waals surface area contributed by atoms with Crippen molar-refractivity contribution in [3.8, 4) is 5.75 Å². The smallest absolute Gasteiger partial charge is 0.261 e. The summed E-state index contributed by atoms with van der Waals surface area (Å²) < 4.78 is 5.98. The van der Waals surface area contributed by atoms with E-state index in [2.05, 4.69) is 76.3 Å². The molecule has 2 rings (SSSR count). The average molecular weight is 368 g/mol. The lowest BCUT2D eigenvalue weighted by Crippen LogP contribution is -2.39. The maximum Gasteiger partial charge on any atom is 0.261 e. The van der Waals surface area contributed by atoms with Gasteiger partial charge in [0.05, 0.1) is 6.04 Å². The molecule has 2 unspecified atom stereocenters. The second-order valence-corrected chi connectivity index (χ2v) is 8.17. The number of rotatable bonds is 7. The van der Waals surface area contributed by atoms with E-state index in [9.17, 15) is 4.79 Å². The Bertz CT molecular complexity index is 726. The zero-order valence-electron chi connectivity index (χ0n) is 17.5. The fraction of sp³-hybridized carbons (Fsp3) is 0.458. The number of hydrogen-bond acceptors (Lipinski definition) is 2. The standard InChI is InChI=1S/C24H33NO2/c1-7-21(18-11-9-17(3)10-12-18)25-23(26)22(8-2)27-20-15-13-19(14-16-20)24(4,5)6/h9-16,21-22H,7-8H2,1-6H3,(H,25,26). The van der Waals surface area contributed by atoms with Crippen LogP contribution in [-0.2, 0) is 10.2 Å². The third kappa shape index (κ3) is 5.85. The van der Waals surface area contributed by atoms with Crippen molar-refractivity contribution in [2.75, 3.05) is 0 Å². The first-order chi connectivity index (χ1) is 12.7. The van der Waals surface area contributed by atoms with Gasteiger partial charge in [0.25, 0.3) is 5.91 Å². The first-order valence-electron chi connectivity index (χ1n) is 9.88. The van der Waals surface area contributed by atoms with Gasteiger partial charge in [0.2, 0.25) is 0 Å². The molecule has 0 aliphatic carbocycles.